The Morgan fingerprint density at radius 3 is 2.62 bits per heavy atom. The van der Waals surface area contributed by atoms with E-state index >= 15 is 0 Å². The third-order valence-corrected chi connectivity index (χ3v) is 3.19. The Morgan fingerprint density at radius 1 is 1.15 bits per heavy atom. The lowest BCUT2D eigenvalue weighted by Gasteiger charge is -2.02. The molecule has 0 unspecified atom stereocenters. The van der Waals surface area contributed by atoms with Crippen LogP contribution in [-0.2, 0) is 14.3 Å². The molecule has 0 saturated carbocycles. The van der Waals surface area contributed by atoms with E-state index in [0.717, 1.165) is 6.07 Å². The lowest BCUT2D eigenvalue weighted by atomic mass is 10.2. The summed E-state index contributed by atoms with van der Waals surface area (Å²) >= 11 is 0. The Hall–Kier alpha value is -3.60. The predicted octanol–water partition coefficient (Wildman–Crippen LogP) is 0.620. The van der Waals surface area contributed by atoms with Crippen LogP contribution in [0.1, 0.15) is 17.4 Å². The van der Waals surface area contributed by atoms with Crippen molar-refractivity contribution in [2.75, 3.05) is 20.3 Å². The van der Waals surface area contributed by atoms with Crippen LogP contribution in [-0.4, -0.2) is 37.2 Å². The Balaban J connectivity index is 2.42. The maximum atomic E-state index is 12.3. The quantitative estimate of drug-likeness (QED) is 0.485. The second-order valence-electron chi connectivity index (χ2n) is 4.88. The molecular weight excluding hydrogens is 342 g/mol. The number of rotatable bonds is 4. The Kier molecular flexibility index (Phi) is 6.11. The molecule has 8 heteroatoms. The fraction of sp³-hybridized carbons (Fsp3) is 0.222. The number of nitrogens with one attached hydrogen (secondary N) is 1. The van der Waals surface area contributed by atoms with Crippen LogP contribution >= 0.6 is 0 Å². The van der Waals surface area contributed by atoms with Crippen molar-refractivity contribution in [3.8, 4) is 17.6 Å². The zero-order chi connectivity index (χ0) is 19.1. The first-order valence-corrected chi connectivity index (χ1v) is 7.54. The highest BCUT2D eigenvalue weighted by Crippen LogP contribution is 2.12. The van der Waals surface area contributed by atoms with E-state index in [4.69, 9.17) is 9.47 Å². The highest BCUT2D eigenvalue weighted by Gasteiger charge is 2.11. The second kappa shape index (κ2) is 8.48. The van der Waals surface area contributed by atoms with E-state index in [-0.39, 0.29) is 35.6 Å². The number of H-pyrrole nitrogens is 1. The normalized spacial score (nSPS) is 9.77. The summed E-state index contributed by atoms with van der Waals surface area (Å²) in [4.78, 5) is 49.8. The van der Waals surface area contributed by atoms with Gasteiger partial charge in [-0.25, -0.2) is 9.59 Å². The lowest BCUT2D eigenvalue weighted by Crippen LogP contribution is -2.12. The number of fused-ring (bicyclic) bond motifs is 1. The third-order valence-electron chi connectivity index (χ3n) is 3.19. The van der Waals surface area contributed by atoms with E-state index in [1.807, 2.05) is 0 Å². The molecule has 1 N–H and O–H groups in total. The number of pyridine rings is 1. The summed E-state index contributed by atoms with van der Waals surface area (Å²) in [7, 11) is 1.19. The molecule has 0 radical (unpaired) electrons. The predicted molar refractivity (Wildman–Crippen MR) is 92.1 cm³/mol. The highest BCUT2D eigenvalue weighted by atomic mass is 16.5. The van der Waals surface area contributed by atoms with E-state index < -0.39 is 22.8 Å². The molecule has 0 aliphatic heterocycles. The number of aromatic amines is 1. The molecule has 0 bridgehead atoms. The van der Waals surface area contributed by atoms with Crippen molar-refractivity contribution < 1.29 is 23.8 Å². The van der Waals surface area contributed by atoms with Crippen molar-refractivity contribution in [3.05, 3.63) is 50.4 Å². The minimum atomic E-state index is -0.733. The summed E-state index contributed by atoms with van der Waals surface area (Å²) in [6, 6.07) is 4.90. The summed E-state index contributed by atoms with van der Waals surface area (Å²) in [5, 5.41) is 0.149. The standard InChI is InChI=1S/C18H15NO7/c1-3-25-18(23)13-10-15(21)11-9-16(14(20)7-6-12(11)19-13)26-8-4-5-17(22)24-2/h6-7,9-10H,3,8H2,1-2H3,(H,19,21). The van der Waals surface area contributed by atoms with Gasteiger partial charge >= 0.3 is 11.9 Å². The summed E-state index contributed by atoms with van der Waals surface area (Å²) in [6.45, 7) is 1.57. The van der Waals surface area contributed by atoms with Gasteiger partial charge in [-0.1, -0.05) is 0 Å². The smallest absolute Gasteiger partial charge is 0.384 e. The molecule has 0 aliphatic rings. The molecule has 0 saturated heterocycles. The molecule has 0 aliphatic carbocycles. The minimum Gasteiger partial charge on any atom is -0.477 e. The van der Waals surface area contributed by atoms with E-state index in [1.54, 1.807) is 6.92 Å². The Labute approximate surface area is 147 Å². The van der Waals surface area contributed by atoms with Crippen molar-refractivity contribution in [2.24, 2.45) is 0 Å². The molecule has 1 heterocycles. The topological polar surface area (TPSA) is 112 Å². The molecule has 1 aromatic carbocycles. The average molecular weight is 357 g/mol. The number of hydrogen-bond donors (Lipinski definition) is 1. The van der Waals surface area contributed by atoms with Crippen molar-refractivity contribution in [3.63, 3.8) is 0 Å². The first-order chi connectivity index (χ1) is 12.5. The average Bonchev–Trinajstić information content (AvgIpc) is 2.78. The molecule has 2 aromatic rings. The lowest BCUT2D eigenvalue weighted by molar-refractivity contribution is -0.133. The maximum Gasteiger partial charge on any atom is 0.384 e. The van der Waals surface area contributed by atoms with E-state index in [0.29, 0.717) is 0 Å². The fourth-order valence-corrected chi connectivity index (χ4v) is 2.02. The van der Waals surface area contributed by atoms with Crippen LogP contribution in [0.25, 0.3) is 10.9 Å². The third kappa shape index (κ3) is 4.48. The van der Waals surface area contributed by atoms with Crippen molar-refractivity contribution in [2.45, 2.75) is 6.92 Å². The Morgan fingerprint density at radius 2 is 1.92 bits per heavy atom. The van der Waals surface area contributed by atoms with Crippen LogP contribution in [0, 0.1) is 11.8 Å². The molecule has 0 fully saturated rings. The van der Waals surface area contributed by atoms with Crippen molar-refractivity contribution >= 4 is 22.8 Å². The summed E-state index contributed by atoms with van der Waals surface area (Å²) in [6.07, 6.45) is 0. The second-order valence-corrected chi connectivity index (χ2v) is 4.88. The molecule has 1 aromatic heterocycles. The van der Waals surface area contributed by atoms with Gasteiger partial charge in [0.2, 0.25) is 5.43 Å². The maximum absolute atomic E-state index is 12.3. The number of aromatic nitrogens is 1. The number of esters is 2. The van der Waals surface area contributed by atoms with Crippen LogP contribution in [0.15, 0.2) is 33.9 Å². The summed E-state index contributed by atoms with van der Waals surface area (Å²) < 4.78 is 14.4. The molecule has 26 heavy (non-hydrogen) atoms. The number of methoxy groups -OCH3 is 1. The summed E-state index contributed by atoms with van der Waals surface area (Å²) in [5.74, 6) is 3.02. The first-order valence-electron chi connectivity index (χ1n) is 7.54. The van der Waals surface area contributed by atoms with Gasteiger partial charge in [0.15, 0.2) is 11.2 Å². The molecule has 0 atom stereocenters. The van der Waals surface area contributed by atoms with E-state index in [1.165, 1.54) is 25.3 Å². The van der Waals surface area contributed by atoms with Gasteiger partial charge in [0.1, 0.15) is 12.3 Å². The molecule has 8 nitrogen and oxygen atoms in total. The van der Waals surface area contributed by atoms with Crippen LogP contribution in [0.2, 0.25) is 0 Å². The monoisotopic (exact) mass is 357 g/mol. The van der Waals surface area contributed by atoms with Gasteiger partial charge in [0.05, 0.1) is 19.2 Å². The largest absolute Gasteiger partial charge is 0.477 e. The minimum absolute atomic E-state index is 0.0191. The Bertz CT molecular complexity index is 1030. The molecule has 134 valence electrons. The molecule has 2 rings (SSSR count). The number of ether oxygens (including phenoxy) is 3. The van der Waals surface area contributed by atoms with Gasteiger partial charge in [-0.2, -0.15) is 0 Å². The van der Waals surface area contributed by atoms with Gasteiger partial charge in [-0.3, -0.25) is 9.59 Å². The molecular formula is C18H15NO7. The number of hydrogen-bond acceptors (Lipinski definition) is 7. The number of carbonyl (C=O) groups excluding carboxylic acids is 2. The first kappa shape index (κ1) is 18.7. The molecule has 0 amide bonds. The summed E-state index contributed by atoms with van der Waals surface area (Å²) in [5.41, 5.74) is -0.725. The van der Waals surface area contributed by atoms with E-state index in [9.17, 15) is 19.2 Å². The van der Waals surface area contributed by atoms with Crippen LogP contribution in [0.4, 0.5) is 0 Å². The van der Waals surface area contributed by atoms with Gasteiger partial charge in [-0.15, -0.1) is 0 Å². The van der Waals surface area contributed by atoms with Gasteiger partial charge in [-0.05, 0) is 31.0 Å². The van der Waals surface area contributed by atoms with Crippen molar-refractivity contribution in [1.29, 1.82) is 0 Å². The van der Waals surface area contributed by atoms with Crippen LogP contribution < -0.4 is 15.6 Å². The van der Waals surface area contributed by atoms with Gasteiger partial charge < -0.3 is 19.2 Å². The van der Waals surface area contributed by atoms with Crippen LogP contribution in [0.3, 0.4) is 0 Å². The van der Waals surface area contributed by atoms with Gasteiger partial charge in [0.25, 0.3) is 0 Å². The zero-order valence-corrected chi connectivity index (χ0v) is 14.1. The van der Waals surface area contributed by atoms with E-state index in [2.05, 4.69) is 21.6 Å². The van der Waals surface area contributed by atoms with Crippen LogP contribution in [0.5, 0.6) is 5.75 Å². The number of carbonyl (C=O) groups is 2. The molecule has 0 spiro atoms. The fourth-order valence-electron chi connectivity index (χ4n) is 2.02. The highest BCUT2D eigenvalue weighted by molar-refractivity contribution is 5.91. The van der Waals surface area contributed by atoms with Gasteiger partial charge in [0, 0.05) is 17.4 Å². The van der Waals surface area contributed by atoms with Crippen molar-refractivity contribution in [1.82, 2.24) is 4.98 Å². The zero-order valence-electron chi connectivity index (χ0n) is 14.1. The SMILES string of the molecule is CCOC(=O)c1cc(=O)c2cc(OCC#CC(=O)OC)c(=O)ccc2[nH]1.